The van der Waals surface area contributed by atoms with Crippen molar-refractivity contribution >= 4 is 27.9 Å². The van der Waals surface area contributed by atoms with Crippen LogP contribution in [0.3, 0.4) is 0 Å². The molecule has 3 rings (SSSR count). The van der Waals surface area contributed by atoms with Gasteiger partial charge in [-0.15, -0.1) is 11.3 Å². The van der Waals surface area contributed by atoms with Gasteiger partial charge in [-0.05, 0) is 24.1 Å². The molecule has 6 heteroatoms. The number of nitrogens with one attached hydrogen (secondary N) is 1. The van der Waals surface area contributed by atoms with Gasteiger partial charge in [-0.3, -0.25) is 14.0 Å². The Hall–Kier alpha value is -2.47. The summed E-state index contributed by atoms with van der Waals surface area (Å²) in [4.78, 5) is 29.1. The number of carbonyl (C=O) groups excluding carboxylic acids is 1. The molecule has 1 aromatic carbocycles. The zero-order valence-electron chi connectivity index (χ0n) is 11.4. The smallest absolute Gasteiger partial charge is 0.271 e. The number of hydrogen-bond acceptors (Lipinski definition) is 4. The molecule has 2 heterocycles. The number of anilines is 1. The maximum Gasteiger partial charge on any atom is 0.271 e. The van der Waals surface area contributed by atoms with Crippen LogP contribution in [0.4, 0.5) is 5.69 Å². The number of fused-ring (bicyclic) bond motifs is 1. The lowest BCUT2D eigenvalue weighted by Crippen LogP contribution is -2.25. The monoisotopic (exact) mass is 299 g/mol. The van der Waals surface area contributed by atoms with Crippen molar-refractivity contribution in [2.75, 3.05) is 5.32 Å². The molecule has 1 amide bonds. The van der Waals surface area contributed by atoms with E-state index in [1.54, 1.807) is 17.6 Å². The molecule has 0 saturated carbocycles. The van der Waals surface area contributed by atoms with E-state index < -0.39 is 5.91 Å². The Bertz CT molecular complexity index is 866. The molecule has 0 spiro atoms. The number of amides is 1. The van der Waals surface area contributed by atoms with Crippen molar-refractivity contribution in [2.24, 2.45) is 0 Å². The fourth-order valence-electron chi connectivity index (χ4n) is 2.05. The minimum absolute atomic E-state index is 0.0350. The molecule has 0 radical (unpaired) electrons. The Morgan fingerprint density at radius 1 is 1.43 bits per heavy atom. The van der Waals surface area contributed by atoms with Gasteiger partial charge in [-0.25, -0.2) is 4.98 Å². The van der Waals surface area contributed by atoms with E-state index in [0.717, 1.165) is 12.0 Å². The number of hydrogen-bond donors (Lipinski definition) is 1. The standard InChI is InChI=1S/C15H13N3O2S/c1-2-10-4-3-5-11(8-10)17-13(19)12-9-16-15-18(14(12)20)6-7-21-15/h3-9H,2H2,1H3,(H,17,19). The third-order valence-corrected chi connectivity index (χ3v) is 3.95. The molecule has 3 aromatic rings. The Morgan fingerprint density at radius 2 is 2.29 bits per heavy atom. The topological polar surface area (TPSA) is 63.5 Å². The molecule has 0 fully saturated rings. The molecular weight excluding hydrogens is 286 g/mol. The Kier molecular flexibility index (Phi) is 3.53. The number of rotatable bonds is 3. The second kappa shape index (κ2) is 5.49. The second-order valence-corrected chi connectivity index (χ2v) is 5.41. The van der Waals surface area contributed by atoms with Crippen molar-refractivity contribution in [3.05, 3.63) is 63.5 Å². The minimum atomic E-state index is -0.443. The van der Waals surface area contributed by atoms with Gasteiger partial charge in [0.05, 0.1) is 0 Å². The van der Waals surface area contributed by atoms with Gasteiger partial charge in [0, 0.05) is 23.5 Å². The van der Waals surface area contributed by atoms with Crippen molar-refractivity contribution in [1.29, 1.82) is 0 Å². The second-order valence-electron chi connectivity index (χ2n) is 4.54. The normalized spacial score (nSPS) is 10.7. The number of aryl methyl sites for hydroxylation is 1. The van der Waals surface area contributed by atoms with Gasteiger partial charge in [0.1, 0.15) is 5.56 Å². The van der Waals surface area contributed by atoms with Gasteiger partial charge in [0.2, 0.25) is 0 Å². The molecule has 0 unspecified atom stereocenters. The number of benzene rings is 1. The molecule has 0 aliphatic carbocycles. The zero-order valence-corrected chi connectivity index (χ0v) is 12.2. The van der Waals surface area contributed by atoms with Crippen molar-refractivity contribution in [1.82, 2.24) is 9.38 Å². The third kappa shape index (κ3) is 2.57. The summed E-state index contributed by atoms with van der Waals surface area (Å²) < 4.78 is 1.38. The summed E-state index contributed by atoms with van der Waals surface area (Å²) in [6.07, 6.45) is 3.83. The zero-order chi connectivity index (χ0) is 14.8. The highest BCUT2D eigenvalue weighted by Crippen LogP contribution is 2.12. The molecule has 2 aromatic heterocycles. The van der Waals surface area contributed by atoms with E-state index in [0.29, 0.717) is 10.6 Å². The van der Waals surface area contributed by atoms with Crippen LogP contribution in [0.15, 0.2) is 46.8 Å². The summed E-state index contributed by atoms with van der Waals surface area (Å²) in [7, 11) is 0. The summed E-state index contributed by atoms with van der Waals surface area (Å²) in [6, 6.07) is 7.56. The molecule has 0 atom stereocenters. The average molecular weight is 299 g/mol. The van der Waals surface area contributed by atoms with Gasteiger partial charge in [0.15, 0.2) is 4.96 Å². The van der Waals surface area contributed by atoms with Crippen LogP contribution in [0.2, 0.25) is 0 Å². The van der Waals surface area contributed by atoms with E-state index in [-0.39, 0.29) is 11.1 Å². The molecule has 0 aliphatic rings. The first-order valence-electron chi connectivity index (χ1n) is 6.54. The third-order valence-electron chi connectivity index (χ3n) is 3.18. The maximum absolute atomic E-state index is 12.2. The van der Waals surface area contributed by atoms with Crippen LogP contribution >= 0.6 is 11.3 Å². The van der Waals surface area contributed by atoms with E-state index in [2.05, 4.69) is 10.3 Å². The predicted octanol–water partition coefficient (Wildman–Crippen LogP) is 2.57. The Balaban J connectivity index is 1.93. The molecule has 1 N–H and O–H groups in total. The van der Waals surface area contributed by atoms with Crippen LogP contribution in [0.5, 0.6) is 0 Å². The number of carbonyl (C=O) groups is 1. The summed E-state index contributed by atoms with van der Waals surface area (Å²) in [5, 5.41) is 4.50. The van der Waals surface area contributed by atoms with Crippen LogP contribution in [0.1, 0.15) is 22.8 Å². The summed E-state index contributed by atoms with van der Waals surface area (Å²) in [6.45, 7) is 2.04. The highest BCUT2D eigenvalue weighted by atomic mass is 32.1. The Morgan fingerprint density at radius 3 is 3.10 bits per heavy atom. The van der Waals surface area contributed by atoms with Crippen LogP contribution in [0.25, 0.3) is 4.96 Å². The lowest BCUT2D eigenvalue weighted by molar-refractivity contribution is 0.102. The van der Waals surface area contributed by atoms with E-state index in [4.69, 9.17) is 0 Å². The lowest BCUT2D eigenvalue weighted by Gasteiger charge is -2.06. The molecule has 0 aliphatic heterocycles. The van der Waals surface area contributed by atoms with Crippen molar-refractivity contribution < 1.29 is 4.79 Å². The summed E-state index contributed by atoms with van der Waals surface area (Å²) in [5.74, 6) is -0.443. The van der Waals surface area contributed by atoms with Gasteiger partial charge in [-0.1, -0.05) is 19.1 Å². The van der Waals surface area contributed by atoms with E-state index in [1.165, 1.54) is 21.9 Å². The first kappa shape index (κ1) is 13.5. The largest absolute Gasteiger partial charge is 0.322 e. The summed E-state index contributed by atoms with van der Waals surface area (Å²) in [5.41, 5.74) is 1.48. The molecule has 106 valence electrons. The number of aromatic nitrogens is 2. The predicted molar refractivity (Wildman–Crippen MR) is 83.1 cm³/mol. The van der Waals surface area contributed by atoms with Crippen LogP contribution in [-0.2, 0) is 6.42 Å². The fourth-order valence-corrected chi connectivity index (χ4v) is 2.72. The van der Waals surface area contributed by atoms with Crippen molar-refractivity contribution in [3.63, 3.8) is 0 Å². The quantitative estimate of drug-likeness (QED) is 0.808. The SMILES string of the molecule is CCc1cccc(NC(=O)c2cnc3sccn3c2=O)c1. The first-order valence-corrected chi connectivity index (χ1v) is 7.42. The minimum Gasteiger partial charge on any atom is -0.322 e. The van der Waals surface area contributed by atoms with E-state index in [9.17, 15) is 9.59 Å². The Labute approximate surface area is 124 Å². The van der Waals surface area contributed by atoms with Gasteiger partial charge >= 0.3 is 0 Å². The van der Waals surface area contributed by atoms with Gasteiger partial charge < -0.3 is 5.32 Å². The van der Waals surface area contributed by atoms with Crippen LogP contribution in [0, 0.1) is 0 Å². The first-order chi connectivity index (χ1) is 10.2. The highest BCUT2D eigenvalue weighted by molar-refractivity contribution is 7.15. The maximum atomic E-state index is 12.2. The fraction of sp³-hybridized carbons (Fsp3) is 0.133. The van der Waals surface area contributed by atoms with Crippen LogP contribution in [-0.4, -0.2) is 15.3 Å². The highest BCUT2D eigenvalue weighted by Gasteiger charge is 2.14. The van der Waals surface area contributed by atoms with Crippen molar-refractivity contribution in [3.8, 4) is 0 Å². The summed E-state index contributed by atoms with van der Waals surface area (Å²) >= 11 is 1.35. The molecule has 0 bridgehead atoms. The van der Waals surface area contributed by atoms with Crippen LogP contribution < -0.4 is 10.9 Å². The van der Waals surface area contributed by atoms with E-state index >= 15 is 0 Å². The van der Waals surface area contributed by atoms with Crippen molar-refractivity contribution in [2.45, 2.75) is 13.3 Å². The molecular formula is C15H13N3O2S. The number of nitrogens with zero attached hydrogens (tertiary/aromatic N) is 2. The van der Waals surface area contributed by atoms with Gasteiger partial charge in [-0.2, -0.15) is 0 Å². The molecule has 5 nitrogen and oxygen atoms in total. The molecule has 0 saturated heterocycles. The lowest BCUT2D eigenvalue weighted by atomic mass is 10.1. The molecule has 21 heavy (non-hydrogen) atoms. The van der Waals surface area contributed by atoms with E-state index in [1.807, 2.05) is 25.1 Å². The van der Waals surface area contributed by atoms with Gasteiger partial charge in [0.25, 0.3) is 11.5 Å². The average Bonchev–Trinajstić information content (AvgIpc) is 2.97. The number of thiazole rings is 1.